The van der Waals surface area contributed by atoms with E-state index < -0.39 is 0 Å². The van der Waals surface area contributed by atoms with Crippen molar-refractivity contribution >= 4 is 5.78 Å². The number of carbonyl (C=O) groups excluding carboxylic acids is 1. The number of hydrogen-bond donors (Lipinski definition) is 0. The van der Waals surface area contributed by atoms with Gasteiger partial charge in [0.05, 0.1) is 0 Å². The Hall–Kier alpha value is -0.330. The highest BCUT2D eigenvalue weighted by atomic mass is 16.1. The van der Waals surface area contributed by atoms with Crippen molar-refractivity contribution in [2.45, 2.75) is 47.0 Å². The average molecular weight is 182 g/mol. The zero-order valence-electron chi connectivity index (χ0n) is 9.34. The van der Waals surface area contributed by atoms with Gasteiger partial charge in [0.2, 0.25) is 0 Å². The van der Waals surface area contributed by atoms with E-state index in [4.69, 9.17) is 0 Å². The molecule has 0 aromatic carbocycles. The molecular formula is C12H22O. The zero-order chi connectivity index (χ0) is 10.0. The largest absolute Gasteiger partial charge is 0.300 e. The van der Waals surface area contributed by atoms with Crippen LogP contribution in [0.2, 0.25) is 0 Å². The van der Waals surface area contributed by atoms with Gasteiger partial charge in [0, 0.05) is 5.92 Å². The van der Waals surface area contributed by atoms with Crippen molar-refractivity contribution in [1.82, 2.24) is 0 Å². The highest BCUT2D eigenvalue weighted by molar-refractivity contribution is 5.78. The Morgan fingerprint density at radius 1 is 1.31 bits per heavy atom. The molecule has 0 aromatic rings. The second-order valence-corrected chi connectivity index (χ2v) is 5.01. The Bertz CT molecular complexity index is 184. The predicted molar refractivity (Wildman–Crippen MR) is 55.5 cm³/mol. The van der Waals surface area contributed by atoms with Gasteiger partial charge in [0.1, 0.15) is 5.78 Å². The fraction of sp³-hybridized carbons (Fsp3) is 0.917. The second kappa shape index (κ2) is 4.26. The minimum absolute atomic E-state index is 0.348. The average Bonchev–Trinajstić information content (AvgIpc) is 2.04. The third-order valence-corrected chi connectivity index (χ3v) is 3.70. The molecular weight excluding hydrogens is 160 g/mol. The standard InChI is InChI=1S/C12H22O/c1-8(2)11-6-5-9(3)12(7-11)10(4)13/h8-9,11-12H,5-7H2,1-4H3. The van der Waals surface area contributed by atoms with Crippen molar-refractivity contribution in [2.24, 2.45) is 23.7 Å². The van der Waals surface area contributed by atoms with Crippen LogP contribution in [0.3, 0.4) is 0 Å². The summed E-state index contributed by atoms with van der Waals surface area (Å²) in [7, 11) is 0. The summed E-state index contributed by atoms with van der Waals surface area (Å²) in [5, 5.41) is 0. The number of carbonyl (C=O) groups is 1. The molecule has 3 unspecified atom stereocenters. The molecule has 1 nitrogen and oxygen atoms in total. The Balaban J connectivity index is 2.58. The molecule has 0 bridgehead atoms. The maximum Gasteiger partial charge on any atom is 0.133 e. The first-order chi connectivity index (χ1) is 6.02. The number of Topliss-reactive ketones (excluding diaryl/α,β-unsaturated/α-hetero) is 1. The van der Waals surface area contributed by atoms with E-state index in [0.29, 0.717) is 17.6 Å². The van der Waals surface area contributed by atoms with E-state index in [0.717, 1.165) is 18.3 Å². The Labute approximate surface area is 81.9 Å². The minimum Gasteiger partial charge on any atom is -0.300 e. The fourth-order valence-electron chi connectivity index (χ4n) is 2.53. The minimum atomic E-state index is 0.348. The number of hydrogen-bond acceptors (Lipinski definition) is 1. The van der Waals surface area contributed by atoms with Crippen LogP contribution in [0.4, 0.5) is 0 Å². The van der Waals surface area contributed by atoms with Crippen LogP contribution in [-0.4, -0.2) is 5.78 Å². The van der Waals surface area contributed by atoms with E-state index in [9.17, 15) is 4.79 Å². The molecule has 0 spiro atoms. The highest BCUT2D eigenvalue weighted by Gasteiger charge is 2.31. The molecule has 76 valence electrons. The van der Waals surface area contributed by atoms with E-state index in [2.05, 4.69) is 20.8 Å². The van der Waals surface area contributed by atoms with Gasteiger partial charge in [-0.25, -0.2) is 0 Å². The molecule has 1 aliphatic rings. The van der Waals surface area contributed by atoms with E-state index in [-0.39, 0.29) is 0 Å². The lowest BCUT2D eigenvalue weighted by molar-refractivity contribution is -0.124. The molecule has 0 N–H and O–H groups in total. The van der Waals surface area contributed by atoms with Crippen molar-refractivity contribution in [3.63, 3.8) is 0 Å². The fourth-order valence-corrected chi connectivity index (χ4v) is 2.53. The van der Waals surface area contributed by atoms with Gasteiger partial charge in [0.15, 0.2) is 0 Å². The van der Waals surface area contributed by atoms with Crippen molar-refractivity contribution in [3.8, 4) is 0 Å². The summed E-state index contributed by atoms with van der Waals surface area (Å²) < 4.78 is 0. The highest BCUT2D eigenvalue weighted by Crippen LogP contribution is 2.37. The maximum atomic E-state index is 11.4. The molecule has 0 amide bonds. The number of ketones is 1. The summed E-state index contributed by atoms with van der Waals surface area (Å²) in [4.78, 5) is 11.4. The first-order valence-corrected chi connectivity index (χ1v) is 5.52. The first kappa shape index (κ1) is 10.7. The van der Waals surface area contributed by atoms with E-state index in [1.54, 1.807) is 6.92 Å². The van der Waals surface area contributed by atoms with Crippen molar-refractivity contribution < 1.29 is 4.79 Å². The lowest BCUT2D eigenvalue weighted by Gasteiger charge is -2.34. The van der Waals surface area contributed by atoms with Gasteiger partial charge in [-0.2, -0.15) is 0 Å². The molecule has 0 radical (unpaired) electrons. The van der Waals surface area contributed by atoms with Crippen LogP contribution in [0.5, 0.6) is 0 Å². The van der Waals surface area contributed by atoms with Crippen LogP contribution in [0, 0.1) is 23.7 Å². The summed E-state index contributed by atoms with van der Waals surface area (Å²) in [6, 6.07) is 0. The van der Waals surface area contributed by atoms with Gasteiger partial charge in [-0.1, -0.05) is 20.8 Å². The van der Waals surface area contributed by atoms with E-state index in [1.807, 2.05) is 0 Å². The lowest BCUT2D eigenvalue weighted by Crippen LogP contribution is -2.30. The monoisotopic (exact) mass is 182 g/mol. The Morgan fingerprint density at radius 3 is 2.38 bits per heavy atom. The summed E-state index contributed by atoms with van der Waals surface area (Å²) in [5.41, 5.74) is 0. The molecule has 1 rings (SSSR count). The van der Waals surface area contributed by atoms with Crippen LogP contribution in [0.25, 0.3) is 0 Å². The Morgan fingerprint density at radius 2 is 1.92 bits per heavy atom. The van der Waals surface area contributed by atoms with Crippen LogP contribution in [0.1, 0.15) is 47.0 Å². The topological polar surface area (TPSA) is 17.1 Å². The molecule has 0 saturated heterocycles. The molecule has 1 saturated carbocycles. The molecule has 1 fully saturated rings. The van der Waals surface area contributed by atoms with E-state index >= 15 is 0 Å². The SMILES string of the molecule is CC(=O)C1CC(C(C)C)CCC1C. The van der Waals surface area contributed by atoms with Crippen molar-refractivity contribution in [3.05, 3.63) is 0 Å². The molecule has 0 aliphatic heterocycles. The molecule has 0 aromatic heterocycles. The van der Waals surface area contributed by atoms with Crippen LogP contribution in [-0.2, 0) is 4.79 Å². The van der Waals surface area contributed by atoms with Crippen LogP contribution >= 0.6 is 0 Å². The predicted octanol–water partition coefficient (Wildman–Crippen LogP) is 3.28. The van der Waals surface area contributed by atoms with Crippen molar-refractivity contribution in [1.29, 1.82) is 0 Å². The number of rotatable bonds is 2. The maximum absolute atomic E-state index is 11.4. The van der Waals surface area contributed by atoms with E-state index in [1.165, 1.54) is 12.8 Å². The lowest BCUT2D eigenvalue weighted by atomic mass is 9.70. The molecule has 1 aliphatic carbocycles. The Kier molecular flexibility index (Phi) is 3.52. The summed E-state index contributed by atoms with van der Waals surface area (Å²) in [6.45, 7) is 8.53. The van der Waals surface area contributed by atoms with Gasteiger partial charge in [-0.05, 0) is 43.9 Å². The van der Waals surface area contributed by atoms with Gasteiger partial charge in [0.25, 0.3) is 0 Å². The van der Waals surface area contributed by atoms with Gasteiger partial charge >= 0.3 is 0 Å². The van der Waals surface area contributed by atoms with Crippen LogP contribution < -0.4 is 0 Å². The van der Waals surface area contributed by atoms with Gasteiger partial charge < -0.3 is 0 Å². The molecule has 13 heavy (non-hydrogen) atoms. The van der Waals surface area contributed by atoms with Crippen molar-refractivity contribution in [2.75, 3.05) is 0 Å². The third-order valence-electron chi connectivity index (χ3n) is 3.70. The summed E-state index contributed by atoms with van der Waals surface area (Å²) in [6.07, 6.45) is 3.70. The van der Waals surface area contributed by atoms with Crippen LogP contribution in [0.15, 0.2) is 0 Å². The summed E-state index contributed by atoms with van der Waals surface area (Å²) >= 11 is 0. The third kappa shape index (κ3) is 2.55. The molecule has 1 heteroatoms. The normalized spacial score (nSPS) is 35.0. The second-order valence-electron chi connectivity index (χ2n) is 5.01. The van der Waals surface area contributed by atoms with Gasteiger partial charge in [-0.15, -0.1) is 0 Å². The molecule has 0 heterocycles. The molecule has 3 atom stereocenters. The van der Waals surface area contributed by atoms with Gasteiger partial charge in [-0.3, -0.25) is 4.79 Å². The smallest absolute Gasteiger partial charge is 0.133 e. The first-order valence-electron chi connectivity index (χ1n) is 5.52. The quantitative estimate of drug-likeness (QED) is 0.640. The zero-order valence-corrected chi connectivity index (χ0v) is 9.34. The summed E-state index contributed by atoms with van der Waals surface area (Å²) in [5.74, 6) is 2.89.